The lowest BCUT2D eigenvalue weighted by Crippen LogP contribution is -2.39. The van der Waals surface area contributed by atoms with Crippen LogP contribution in [0.1, 0.15) is 29.2 Å². The molecule has 0 aromatic heterocycles. The molecule has 0 radical (unpaired) electrons. The summed E-state index contributed by atoms with van der Waals surface area (Å²) in [6, 6.07) is 12.5. The number of hydrogen-bond acceptors (Lipinski definition) is 2. The summed E-state index contributed by atoms with van der Waals surface area (Å²) in [6.45, 7) is 1.62. The highest BCUT2D eigenvalue weighted by atomic mass is 35.5. The number of benzene rings is 3. The minimum Gasteiger partial charge on any atom is -0.304 e. The average Bonchev–Trinajstić information content (AvgIpc) is 3.18. The highest BCUT2D eigenvalue weighted by molar-refractivity contribution is 6.32. The molecule has 4 rings (SSSR count). The van der Waals surface area contributed by atoms with Crippen molar-refractivity contribution in [3.8, 4) is 0 Å². The summed E-state index contributed by atoms with van der Waals surface area (Å²) in [5.74, 6) is -1.30. The number of urea groups is 1. The van der Waals surface area contributed by atoms with Gasteiger partial charge in [0.05, 0.1) is 39.5 Å². The maximum Gasteiger partial charge on any atom is 0.417 e. The van der Waals surface area contributed by atoms with Crippen molar-refractivity contribution < 1.29 is 35.5 Å². The van der Waals surface area contributed by atoms with E-state index in [0.717, 1.165) is 23.2 Å². The molecule has 2 amide bonds. The maximum absolute atomic E-state index is 14.3. The van der Waals surface area contributed by atoms with E-state index in [1.54, 1.807) is 37.3 Å². The van der Waals surface area contributed by atoms with E-state index < -0.39 is 51.5 Å². The summed E-state index contributed by atoms with van der Waals surface area (Å²) in [5.41, 5.74) is -2.65. The van der Waals surface area contributed by atoms with Crippen LogP contribution in [0.3, 0.4) is 0 Å². The molecule has 1 aliphatic rings. The van der Waals surface area contributed by atoms with Crippen LogP contribution in [0.2, 0.25) is 5.02 Å². The molecule has 3 aromatic carbocycles. The molecule has 0 saturated heterocycles. The van der Waals surface area contributed by atoms with Gasteiger partial charge < -0.3 is 5.32 Å². The first-order valence-electron chi connectivity index (χ1n) is 10.7. The number of anilines is 1. The largest absolute Gasteiger partial charge is 0.417 e. The normalized spacial score (nSPS) is 18.1. The number of hydrogen-bond donors (Lipinski definition) is 1. The first kappa shape index (κ1) is 26.5. The summed E-state index contributed by atoms with van der Waals surface area (Å²) in [4.78, 5) is 12.9. The molecule has 1 N–H and O–H groups in total. The third-order valence-electron chi connectivity index (χ3n) is 5.94. The number of hydrazone groups is 1. The van der Waals surface area contributed by atoms with Gasteiger partial charge in [-0.25, -0.2) is 14.2 Å². The van der Waals surface area contributed by atoms with Crippen LogP contribution in [0.4, 0.5) is 41.2 Å². The van der Waals surface area contributed by atoms with E-state index in [2.05, 4.69) is 10.4 Å². The van der Waals surface area contributed by atoms with Crippen LogP contribution in [0, 0.1) is 5.82 Å². The molecule has 1 atom stereocenters. The van der Waals surface area contributed by atoms with Crippen LogP contribution in [0.5, 0.6) is 0 Å². The molecule has 1 heterocycles. The van der Waals surface area contributed by atoms with Gasteiger partial charge in [-0.05, 0) is 42.8 Å². The van der Waals surface area contributed by atoms with Gasteiger partial charge in [0.25, 0.3) is 0 Å². The summed E-state index contributed by atoms with van der Waals surface area (Å²) >= 11 is 5.91. The lowest BCUT2D eigenvalue weighted by molar-refractivity contribution is -0.138. The quantitative estimate of drug-likeness (QED) is 0.338. The van der Waals surface area contributed by atoms with E-state index in [1.165, 1.54) is 6.07 Å². The van der Waals surface area contributed by atoms with Crippen molar-refractivity contribution in [3.05, 3.63) is 99.8 Å². The molecule has 0 aliphatic carbocycles. The van der Waals surface area contributed by atoms with Gasteiger partial charge in [-0.3, -0.25) is 0 Å². The first-order valence-corrected chi connectivity index (χ1v) is 11.0. The zero-order valence-corrected chi connectivity index (χ0v) is 19.6. The van der Waals surface area contributed by atoms with Crippen molar-refractivity contribution >= 4 is 29.0 Å². The van der Waals surface area contributed by atoms with Gasteiger partial charge in [0.1, 0.15) is 5.82 Å². The fourth-order valence-electron chi connectivity index (χ4n) is 4.03. The molecule has 3 aromatic rings. The lowest BCUT2D eigenvalue weighted by atomic mass is 9.76. The third kappa shape index (κ3) is 5.27. The Bertz CT molecular complexity index is 1370. The Hall–Kier alpha value is -3.60. The van der Waals surface area contributed by atoms with E-state index in [4.69, 9.17) is 11.6 Å². The van der Waals surface area contributed by atoms with Gasteiger partial charge in [-0.2, -0.15) is 31.4 Å². The molecule has 0 bridgehead atoms. The molecule has 0 saturated carbocycles. The van der Waals surface area contributed by atoms with Gasteiger partial charge in [-0.1, -0.05) is 48.0 Å². The number of rotatable bonds is 3. The lowest BCUT2D eigenvalue weighted by Gasteiger charge is -2.27. The van der Waals surface area contributed by atoms with Crippen molar-refractivity contribution in [2.45, 2.75) is 24.7 Å². The Morgan fingerprint density at radius 1 is 0.973 bits per heavy atom. The summed E-state index contributed by atoms with van der Waals surface area (Å²) in [6.07, 6.45) is -9.44. The standard InChI is InChI=1S/C25H17ClF7N3O/c1-23(15-5-3-2-4-6-15)13-36(22(37)34-20-10-8-16(12-19(20)27)24(28,29)30)35-21(23)14-7-9-17(18(26)11-14)25(31,32)33/h2-12H,13H2,1H3,(H,34,37). The van der Waals surface area contributed by atoms with Gasteiger partial charge in [-0.15, -0.1) is 0 Å². The summed E-state index contributed by atoms with van der Waals surface area (Å²) in [5, 5.41) is 6.87. The predicted molar refractivity (Wildman–Crippen MR) is 124 cm³/mol. The Kier molecular flexibility index (Phi) is 6.70. The van der Waals surface area contributed by atoms with Crippen LogP contribution in [0.25, 0.3) is 0 Å². The third-order valence-corrected chi connectivity index (χ3v) is 6.25. The number of nitrogens with zero attached hydrogens (tertiary/aromatic N) is 2. The van der Waals surface area contributed by atoms with Gasteiger partial charge in [0.15, 0.2) is 0 Å². The second-order valence-electron chi connectivity index (χ2n) is 8.52. The van der Waals surface area contributed by atoms with Crippen LogP contribution in [0.15, 0.2) is 71.8 Å². The average molecular weight is 544 g/mol. The number of carbonyl (C=O) groups excluding carboxylic acids is 1. The number of halogens is 8. The predicted octanol–water partition coefficient (Wildman–Crippen LogP) is 7.73. The molecule has 1 aliphatic heterocycles. The van der Waals surface area contributed by atoms with Crippen molar-refractivity contribution in [1.29, 1.82) is 0 Å². The number of alkyl halides is 6. The molecular formula is C25H17ClF7N3O. The molecule has 0 fully saturated rings. The number of nitrogens with one attached hydrogen (secondary N) is 1. The Balaban J connectivity index is 1.70. The van der Waals surface area contributed by atoms with Gasteiger partial charge in [0.2, 0.25) is 0 Å². The van der Waals surface area contributed by atoms with Crippen molar-refractivity contribution in [3.63, 3.8) is 0 Å². The van der Waals surface area contributed by atoms with Crippen molar-refractivity contribution in [2.75, 3.05) is 11.9 Å². The Morgan fingerprint density at radius 3 is 2.22 bits per heavy atom. The number of carbonyl (C=O) groups is 1. The molecular weight excluding hydrogens is 527 g/mol. The fraction of sp³-hybridized carbons (Fsp3) is 0.200. The van der Waals surface area contributed by atoms with E-state index in [-0.39, 0.29) is 23.9 Å². The molecule has 4 nitrogen and oxygen atoms in total. The highest BCUT2D eigenvalue weighted by Crippen LogP contribution is 2.39. The molecule has 1 unspecified atom stereocenters. The monoisotopic (exact) mass is 543 g/mol. The van der Waals surface area contributed by atoms with Crippen molar-refractivity contribution in [2.24, 2.45) is 5.10 Å². The Morgan fingerprint density at radius 2 is 1.65 bits per heavy atom. The van der Waals surface area contributed by atoms with E-state index >= 15 is 0 Å². The summed E-state index contributed by atoms with van der Waals surface area (Å²) < 4.78 is 92.4. The SMILES string of the molecule is CC1(c2ccccc2)CN(C(=O)Nc2ccc(C(F)(F)F)cc2F)N=C1c1ccc(C(F)(F)F)c(Cl)c1. The van der Waals surface area contributed by atoms with E-state index in [9.17, 15) is 35.5 Å². The maximum atomic E-state index is 14.3. The smallest absolute Gasteiger partial charge is 0.304 e. The Labute approximate surface area is 211 Å². The van der Waals surface area contributed by atoms with Gasteiger partial charge in [0, 0.05) is 5.56 Å². The minimum atomic E-state index is -4.77. The second-order valence-corrected chi connectivity index (χ2v) is 8.93. The zero-order valence-electron chi connectivity index (χ0n) is 18.9. The fourth-order valence-corrected chi connectivity index (χ4v) is 4.32. The van der Waals surface area contributed by atoms with Crippen LogP contribution in [-0.2, 0) is 17.8 Å². The van der Waals surface area contributed by atoms with Gasteiger partial charge >= 0.3 is 18.4 Å². The van der Waals surface area contributed by atoms with E-state index in [1.807, 2.05) is 0 Å². The second kappa shape index (κ2) is 9.37. The first-order chi connectivity index (χ1) is 17.2. The molecule has 12 heteroatoms. The van der Waals surface area contributed by atoms with Crippen LogP contribution in [-0.4, -0.2) is 23.3 Å². The number of amides is 2. The van der Waals surface area contributed by atoms with Crippen LogP contribution >= 0.6 is 11.6 Å². The summed E-state index contributed by atoms with van der Waals surface area (Å²) in [7, 11) is 0. The van der Waals surface area contributed by atoms with E-state index in [0.29, 0.717) is 11.6 Å². The molecule has 194 valence electrons. The highest BCUT2D eigenvalue weighted by Gasteiger charge is 2.43. The topological polar surface area (TPSA) is 44.7 Å². The zero-order chi connectivity index (χ0) is 27.2. The minimum absolute atomic E-state index is 0.0981. The molecule has 37 heavy (non-hydrogen) atoms. The van der Waals surface area contributed by atoms with Crippen molar-refractivity contribution in [1.82, 2.24) is 5.01 Å². The van der Waals surface area contributed by atoms with Crippen LogP contribution < -0.4 is 5.32 Å². The molecule has 0 spiro atoms.